The first-order valence-electron chi connectivity index (χ1n) is 6.37. The zero-order valence-electron chi connectivity index (χ0n) is 10.9. The molecule has 0 amide bonds. The molecule has 1 aromatic rings. The predicted octanol–water partition coefficient (Wildman–Crippen LogP) is 3.77. The molecular formula is C14H22O2S. The van der Waals surface area contributed by atoms with Gasteiger partial charge < -0.3 is 0 Å². The largest absolute Gasteiger partial charge is 0.224 e. The van der Waals surface area contributed by atoms with Gasteiger partial charge in [-0.2, -0.15) is 0 Å². The standard InChI is InChI=1S/C14H22O2S/c1-4-8-12(5-2)13-9-7-10-14(11-13)17(15,16)6-3/h7,9-12H,4-6,8H2,1-3H3. The molecule has 0 spiro atoms. The third-order valence-electron chi connectivity index (χ3n) is 3.20. The molecule has 0 aromatic heterocycles. The van der Waals surface area contributed by atoms with Gasteiger partial charge in [-0.25, -0.2) is 8.42 Å². The van der Waals surface area contributed by atoms with E-state index in [-0.39, 0.29) is 5.75 Å². The van der Waals surface area contributed by atoms with Crippen molar-refractivity contribution < 1.29 is 8.42 Å². The smallest absolute Gasteiger partial charge is 0.178 e. The lowest BCUT2D eigenvalue weighted by molar-refractivity contribution is 0.589. The summed E-state index contributed by atoms with van der Waals surface area (Å²) in [6.45, 7) is 6.00. The molecule has 0 heterocycles. The Morgan fingerprint density at radius 3 is 2.41 bits per heavy atom. The summed E-state index contributed by atoms with van der Waals surface area (Å²) in [7, 11) is -3.08. The van der Waals surface area contributed by atoms with Crippen LogP contribution in [-0.4, -0.2) is 14.2 Å². The summed E-state index contributed by atoms with van der Waals surface area (Å²) in [5, 5.41) is 0. The summed E-state index contributed by atoms with van der Waals surface area (Å²) < 4.78 is 23.6. The highest BCUT2D eigenvalue weighted by Crippen LogP contribution is 2.26. The summed E-state index contributed by atoms with van der Waals surface area (Å²) in [5.41, 5.74) is 1.16. The number of hydrogen-bond acceptors (Lipinski definition) is 2. The van der Waals surface area contributed by atoms with Gasteiger partial charge in [0.25, 0.3) is 0 Å². The van der Waals surface area contributed by atoms with E-state index in [4.69, 9.17) is 0 Å². The molecule has 0 N–H and O–H groups in total. The van der Waals surface area contributed by atoms with E-state index in [2.05, 4.69) is 13.8 Å². The lowest BCUT2D eigenvalue weighted by atomic mass is 9.92. The Kier molecular flexibility index (Phi) is 5.19. The molecule has 0 aliphatic rings. The van der Waals surface area contributed by atoms with Crippen molar-refractivity contribution in [2.75, 3.05) is 5.75 Å². The number of hydrogen-bond donors (Lipinski definition) is 0. The maximum absolute atomic E-state index is 11.8. The first kappa shape index (κ1) is 14.2. The summed E-state index contributed by atoms with van der Waals surface area (Å²) in [4.78, 5) is 0.465. The average molecular weight is 254 g/mol. The van der Waals surface area contributed by atoms with Crippen molar-refractivity contribution >= 4 is 9.84 Å². The van der Waals surface area contributed by atoms with Crippen LogP contribution in [0.25, 0.3) is 0 Å². The second-order valence-electron chi connectivity index (χ2n) is 4.37. The van der Waals surface area contributed by atoms with Gasteiger partial charge in [0.15, 0.2) is 9.84 Å². The Morgan fingerprint density at radius 2 is 1.88 bits per heavy atom. The van der Waals surface area contributed by atoms with Gasteiger partial charge in [0.1, 0.15) is 0 Å². The van der Waals surface area contributed by atoms with Gasteiger partial charge in [-0.15, -0.1) is 0 Å². The van der Waals surface area contributed by atoms with Crippen molar-refractivity contribution in [3.63, 3.8) is 0 Å². The van der Waals surface area contributed by atoms with Gasteiger partial charge in [0, 0.05) is 0 Å². The van der Waals surface area contributed by atoms with E-state index >= 15 is 0 Å². The van der Waals surface area contributed by atoms with Gasteiger partial charge in [-0.3, -0.25) is 0 Å². The fourth-order valence-corrected chi connectivity index (χ4v) is 3.02. The minimum Gasteiger partial charge on any atom is -0.224 e. The Morgan fingerprint density at radius 1 is 1.18 bits per heavy atom. The van der Waals surface area contributed by atoms with Crippen LogP contribution in [-0.2, 0) is 9.84 Å². The number of sulfone groups is 1. The van der Waals surface area contributed by atoms with Crippen molar-refractivity contribution in [2.24, 2.45) is 0 Å². The fourth-order valence-electron chi connectivity index (χ4n) is 2.08. The Hall–Kier alpha value is -0.830. The molecule has 0 fully saturated rings. The van der Waals surface area contributed by atoms with Crippen LogP contribution in [0.2, 0.25) is 0 Å². The fraction of sp³-hybridized carbons (Fsp3) is 0.571. The summed E-state index contributed by atoms with van der Waals surface area (Å²) in [6, 6.07) is 7.44. The molecular weight excluding hydrogens is 232 g/mol. The van der Waals surface area contributed by atoms with E-state index in [1.165, 1.54) is 0 Å². The molecule has 3 heteroatoms. The monoisotopic (exact) mass is 254 g/mol. The Labute approximate surface area is 105 Å². The van der Waals surface area contributed by atoms with Crippen LogP contribution in [0.4, 0.5) is 0 Å². The zero-order valence-corrected chi connectivity index (χ0v) is 11.8. The van der Waals surface area contributed by atoms with E-state index in [0.29, 0.717) is 10.8 Å². The summed E-state index contributed by atoms with van der Waals surface area (Å²) >= 11 is 0. The van der Waals surface area contributed by atoms with Crippen LogP contribution in [0.3, 0.4) is 0 Å². The van der Waals surface area contributed by atoms with Crippen LogP contribution in [0.15, 0.2) is 29.2 Å². The van der Waals surface area contributed by atoms with Gasteiger partial charge >= 0.3 is 0 Å². The van der Waals surface area contributed by atoms with Crippen LogP contribution >= 0.6 is 0 Å². The molecule has 0 aliphatic heterocycles. The maximum Gasteiger partial charge on any atom is 0.178 e. The maximum atomic E-state index is 11.8. The third-order valence-corrected chi connectivity index (χ3v) is 4.93. The molecule has 0 saturated heterocycles. The first-order chi connectivity index (χ1) is 8.05. The van der Waals surface area contributed by atoms with Gasteiger partial charge in [0.05, 0.1) is 10.6 Å². The van der Waals surface area contributed by atoms with E-state index < -0.39 is 9.84 Å². The molecule has 1 aromatic carbocycles. The van der Waals surface area contributed by atoms with Crippen LogP contribution < -0.4 is 0 Å². The summed E-state index contributed by atoms with van der Waals surface area (Å²) in [6.07, 6.45) is 3.30. The zero-order chi connectivity index (χ0) is 12.9. The highest BCUT2D eigenvalue weighted by atomic mass is 32.2. The van der Waals surface area contributed by atoms with E-state index in [9.17, 15) is 8.42 Å². The van der Waals surface area contributed by atoms with E-state index in [1.807, 2.05) is 18.2 Å². The highest BCUT2D eigenvalue weighted by molar-refractivity contribution is 7.91. The second-order valence-corrected chi connectivity index (χ2v) is 6.65. The molecule has 1 rings (SSSR count). The van der Waals surface area contributed by atoms with Crippen molar-refractivity contribution in [3.8, 4) is 0 Å². The molecule has 96 valence electrons. The molecule has 0 saturated carbocycles. The lowest BCUT2D eigenvalue weighted by Crippen LogP contribution is -2.05. The van der Waals surface area contributed by atoms with Crippen molar-refractivity contribution in [1.29, 1.82) is 0 Å². The van der Waals surface area contributed by atoms with Crippen molar-refractivity contribution in [2.45, 2.75) is 50.8 Å². The highest BCUT2D eigenvalue weighted by Gasteiger charge is 2.14. The minimum absolute atomic E-state index is 0.168. The quantitative estimate of drug-likeness (QED) is 0.774. The topological polar surface area (TPSA) is 34.1 Å². The molecule has 0 radical (unpaired) electrons. The molecule has 0 aliphatic carbocycles. The normalized spacial score (nSPS) is 13.6. The third kappa shape index (κ3) is 3.56. The van der Waals surface area contributed by atoms with Gasteiger partial charge in [-0.1, -0.05) is 39.3 Å². The molecule has 1 unspecified atom stereocenters. The van der Waals surface area contributed by atoms with Crippen LogP contribution in [0.1, 0.15) is 51.5 Å². The van der Waals surface area contributed by atoms with E-state index in [0.717, 1.165) is 24.8 Å². The summed E-state index contributed by atoms with van der Waals surface area (Å²) in [5.74, 6) is 0.646. The first-order valence-corrected chi connectivity index (χ1v) is 8.03. The number of benzene rings is 1. The number of rotatable bonds is 6. The predicted molar refractivity (Wildman–Crippen MR) is 72.1 cm³/mol. The van der Waals surface area contributed by atoms with E-state index in [1.54, 1.807) is 13.0 Å². The minimum atomic E-state index is -3.08. The van der Waals surface area contributed by atoms with Gasteiger partial charge in [0.2, 0.25) is 0 Å². The van der Waals surface area contributed by atoms with Crippen LogP contribution in [0.5, 0.6) is 0 Å². The van der Waals surface area contributed by atoms with Crippen LogP contribution in [0, 0.1) is 0 Å². The molecule has 1 atom stereocenters. The van der Waals surface area contributed by atoms with Crippen molar-refractivity contribution in [1.82, 2.24) is 0 Å². The molecule has 0 bridgehead atoms. The lowest BCUT2D eigenvalue weighted by Gasteiger charge is -2.15. The Balaban J connectivity index is 3.08. The second kappa shape index (κ2) is 6.20. The molecule has 2 nitrogen and oxygen atoms in total. The molecule has 17 heavy (non-hydrogen) atoms. The Bertz CT molecular complexity index is 449. The average Bonchev–Trinajstić information content (AvgIpc) is 2.36. The van der Waals surface area contributed by atoms with Gasteiger partial charge in [-0.05, 0) is 36.5 Å². The van der Waals surface area contributed by atoms with Crippen molar-refractivity contribution in [3.05, 3.63) is 29.8 Å². The SMILES string of the molecule is CCCC(CC)c1cccc(S(=O)(=O)CC)c1.